The molecular formula is C14H21NO2. The lowest BCUT2D eigenvalue weighted by Crippen LogP contribution is -2.34. The lowest BCUT2D eigenvalue weighted by atomic mass is 10.1. The van der Waals surface area contributed by atoms with Gasteiger partial charge in [-0.15, -0.1) is 0 Å². The number of benzene rings is 1. The summed E-state index contributed by atoms with van der Waals surface area (Å²) < 4.78 is 0. The summed E-state index contributed by atoms with van der Waals surface area (Å²) in [7, 11) is 0. The van der Waals surface area contributed by atoms with Gasteiger partial charge in [-0.25, -0.2) is 0 Å². The van der Waals surface area contributed by atoms with Gasteiger partial charge in [-0.3, -0.25) is 4.79 Å². The van der Waals surface area contributed by atoms with Crippen LogP contribution in [-0.2, 0) is 0 Å². The first-order valence-electron chi connectivity index (χ1n) is 6.16. The quantitative estimate of drug-likeness (QED) is 0.852. The van der Waals surface area contributed by atoms with Crippen molar-refractivity contribution in [2.24, 2.45) is 5.92 Å². The van der Waals surface area contributed by atoms with Crippen molar-refractivity contribution >= 4 is 5.91 Å². The predicted molar refractivity (Wildman–Crippen MR) is 69.1 cm³/mol. The molecule has 0 saturated heterocycles. The molecular weight excluding hydrogens is 214 g/mol. The van der Waals surface area contributed by atoms with Crippen molar-refractivity contribution in [1.29, 1.82) is 0 Å². The summed E-state index contributed by atoms with van der Waals surface area (Å²) in [5.74, 6) is 0.621. The van der Waals surface area contributed by atoms with Crippen LogP contribution in [0.1, 0.15) is 37.6 Å². The van der Waals surface area contributed by atoms with Crippen LogP contribution in [0.5, 0.6) is 5.75 Å². The van der Waals surface area contributed by atoms with Gasteiger partial charge in [0, 0.05) is 18.7 Å². The molecule has 1 aromatic carbocycles. The molecule has 3 heteroatoms. The zero-order chi connectivity index (χ0) is 12.8. The highest BCUT2D eigenvalue weighted by molar-refractivity contribution is 5.94. The summed E-state index contributed by atoms with van der Waals surface area (Å²) in [5.41, 5.74) is 0.551. The minimum atomic E-state index is -0.0105. The van der Waals surface area contributed by atoms with Crippen molar-refractivity contribution in [2.75, 3.05) is 13.1 Å². The van der Waals surface area contributed by atoms with Gasteiger partial charge in [0.05, 0.1) is 0 Å². The fourth-order valence-corrected chi connectivity index (χ4v) is 1.68. The first-order valence-corrected chi connectivity index (χ1v) is 6.16. The number of carbonyl (C=O) groups is 1. The van der Waals surface area contributed by atoms with E-state index < -0.39 is 0 Å². The van der Waals surface area contributed by atoms with Crippen molar-refractivity contribution in [3.8, 4) is 5.75 Å². The lowest BCUT2D eigenvalue weighted by molar-refractivity contribution is 0.0740. The molecule has 0 aliphatic carbocycles. The van der Waals surface area contributed by atoms with Gasteiger partial charge in [-0.2, -0.15) is 0 Å². The molecule has 17 heavy (non-hydrogen) atoms. The molecule has 0 spiro atoms. The fraction of sp³-hybridized carbons (Fsp3) is 0.500. The van der Waals surface area contributed by atoms with Crippen LogP contribution in [0.2, 0.25) is 0 Å². The fourth-order valence-electron chi connectivity index (χ4n) is 1.68. The number of rotatable bonds is 5. The van der Waals surface area contributed by atoms with E-state index in [-0.39, 0.29) is 11.7 Å². The van der Waals surface area contributed by atoms with E-state index in [2.05, 4.69) is 13.8 Å². The van der Waals surface area contributed by atoms with E-state index in [4.69, 9.17) is 0 Å². The molecule has 0 bridgehead atoms. The van der Waals surface area contributed by atoms with Crippen molar-refractivity contribution in [3.05, 3.63) is 29.8 Å². The zero-order valence-corrected chi connectivity index (χ0v) is 10.8. The molecule has 1 amide bonds. The summed E-state index contributed by atoms with van der Waals surface area (Å²) in [6.07, 6.45) is 1.06. The Balaban J connectivity index is 2.79. The van der Waals surface area contributed by atoms with Crippen LogP contribution in [0.4, 0.5) is 0 Å². The number of phenolic OH excluding ortho intramolecular Hbond substituents is 1. The average Bonchev–Trinajstić information content (AvgIpc) is 2.34. The van der Waals surface area contributed by atoms with Crippen LogP contribution in [-0.4, -0.2) is 29.0 Å². The van der Waals surface area contributed by atoms with E-state index >= 15 is 0 Å². The second kappa shape index (κ2) is 6.28. The van der Waals surface area contributed by atoms with E-state index in [1.165, 1.54) is 6.07 Å². The van der Waals surface area contributed by atoms with Crippen molar-refractivity contribution in [2.45, 2.75) is 27.2 Å². The molecule has 1 N–H and O–H groups in total. The smallest absolute Gasteiger partial charge is 0.253 e. The van der Waals surface area contributed by atoms with E-state index in [9.17, 15) is 9.90 Å². The average molecular weight is 235 g/mol. The molecule has 0 saturated carbocycles. The summed E-state index contributed by atoms with van der Waals surface area (Å²) in [6, 6.07) is 6.52. The van der Waals surface area contributed by atoms with Crippen LogP contribution in [0, 0.1) is 5.92 Å². The molecule has 0 fully saturated rings. The standard InChI is InChI=1S/C14H21NO2/c1-4-11(3)10-15(5-2)14(17)12-7-6-8-13(16)9-12/h6-9,11,16H,4-5,10H2,1-3H3. The Morgan fingerprint density at radius 2 is 2.12 bits per heavy atom. The maximum Gasteiger partial charge on any atom is 0.253 e. The molecule has 3 nitrogen and oxygen atoms in total. The molecule has 0 aromatic heterocycles. The Bertz CT molecular complexity index is 376. The number of nitrogens with zero attached hydrogens (tertiary/aromatic N) is 1. The Labute approximate surface area is 103 Å². The predicted octanol–water partition coefficient (Wildman–Crippen LogP) is 2.90. The van der Waals surface area contributed by atoms with Gasteiger partial charge >= 0.3 is 0 Å². The first kappa shape index (κ1) is 13.6. The highest BCUT2D eigenvalue weighted by Gasteiger charge is 2.16. The summed E-state index contributed by atoms with van der Waals surface area (Å²) in [6.45, 7) is 7.69. The second-order valence-corrected chi connectivity index (χ2v) is 4.41. The number of phenols is 1. The Kier molecular flexibility index (Phi) is 5.01. The maximum absolute atomic E-state index is 12.2. The van der Waals surface area contributed by atoms with Crippen molar-refractivity contribution in [3.63, 3.8) is 0 Å². The summed E-state index contributed by atoms with van der Waals surface area (Å²) >= 11 is 0. The van der Waals surface area contributed by atoms with Crippen LogP contribution in [0.3, 0.4) is 0 Å². The molecule has 0 aliphatic rings. The molecule has 0 heterocycles. The third-order valence-corrected chi connectivity index (χ3v) is 2.99. The van der Waals surface area contributed by atoms with E-state index in [0.717, 1.165) is 13.0 Å². The topological polar surface area (TPSA) is 40.5 Å². The molecule has 1 unspecified atom stereocenters. The molecule has 1 rings (SSSR count). The van der Waals surface area contributed by atoms with Gasteiger partial charge < -0.3 is 10.0 Å². The molecule has 0 radical (unpaired) electrons. The van der Waals surface area contributed by atoms with Crippen molar-refractivity contribution < 1.29 is 9.90 Å². The summed E-state index contributed by atoms with van der Waals surface area (Å²) in [5, 5.41) is 9.37. The maximum atomic E-state index is 12.2. The lowest BCUT2D eigenvalue weighted by Gasteiger charge is -2.24. The Morgan fingerprint density at radius 1 is 1.41 bits per heavy atom. The number of amides is 1. The van der Waals surface area contributed by atoms with Gasteiger partial charge in [0.15, 0.2) is 0 Å². The number of hydrogen-bond donors (Lipinski definition) is 1. The number of hydrogen-bond acceptors (Lipinski definition) is 2. The van der Waals surface area contributed by atoms with Gasteiger partial charge in [0.25, 0.3) is 5.91 Å². The van der Waals surface area contributed by atoms with E-state index in [1.807, 2.05) is 11.8 Å². The second-order valence-electron chi connectivity index (χ2n) is 4.41. The van der Waals surface area contributed by atoms with Crippen LogP contribution < -0.4 is 0 Å². The normalized spacial score (nSPS) is 12.2. The van der Waals surface area contributed by atoms with Gasteiger partial charge in [0.2, 0.25) is 0 Å². The van der Waals surface area contributed by atoms with Crippen LogP contribution in [0.25, 0.3) is 0 Å². The highest BCUT2D eigenvalue weighted by atomic mass is 16.3. The highest BCUT2D eigenvalue weighted by Crippen LogP contribution is 2.14. The third kappa shape index (κ3) is 3.77. The SMILES string of the molecule is CCC(C)CN(CC)C(=O)c1cccc(O)c1. The Hall–Kier alpha value is -1.51. The zero-order valence-electron chi connectivity index (χ0n) is 10.8. The first-order chi connectivity index (χ1) is 8.08. The Morgan fingerprint density at radius 3 is 2.65 bits per heavy atom. The monoisotopic (exact) mass is 235 g/mol. The summed E-state index contributed by atoms with van der Waals surface area (Å²) in [4.78, 5) is 14.0. The molecule has 0 aliphatic heterocycles. The van der Waals surface area contributed by atoms with Crippen LogP contribution in [0.15, 0.2) is 24.3 Å². The number of aromatic hydroxyl groups is 1. The molecule has 94 valence electrons. The van der Waals surface area contributed by atoms with Crippen molar-refractivity contribution in [1.82, 2.24) is 4.90 Å². The van der Waals surface area contributed by atoms with Gasteiger partial charge in [0.1, 0.15) is 5.75 Å². The number of carbonyl (C=O) groups excluding carboxylic acids is 1. The van der Waals surface area contributed by atoms with Gasteiger partial charge in [-0.05, 0) is 31.0 Å². The molecule has 1 aromatic rings. The van der Waals surface area contributed by atoms with Crippen LogP contribution >= 0.6 is 0 Å². The molecule has 1 atom stereocenters. The van der Waals surface area contributed by atoms with E-state index in [0.29, 0.717) is 18.0 Å². The largest absolute Gasteiger partial charge is 0.508 e. The minimum absolute atomic E-state index is 0.0105. The van der Waals surface area contributed by atoms with E-state index in [1.54, 1.807) is 18.2 Å². The third-order valence-electron chi connectivity index (χ3n) is 2.99. The van der Waals surface area contributed by atoms with Gasteiger partial charge in [-0.1, -0.05) is 26.3 Å². The minimum Gasteiger partial charge on any atom is -0.508 e.